The molecular formula is C28H39N3O. The van der Waals surface area contributed by atoms with Gasteiger partial charge in [-0.3, -0.25) is 9.69 Å². The first-order chi connectivity index (χ1) is 15.5. The van der Waals surface area contributed by atoms with Crippen molar-refractivity contribution >= 4 is 11.6 Å². The van der Waals surface area contributed by atoms with Crippen molar-refractivity contribution in [3.63, 3.8) is 0 Å². The van der Waals surface area contributed by atoms with Gasteiger partial charge in [0, 0.05) is 37.4 Å². The zero-order chi connectivity index (χ0) is 22.5. The average Bonchev–Trinajstić information content (AvgIpc) is 2.80. The third-order valence-electron chi connectivity index (χ3n) is 7.25. The van der Waals surface area contributed by atoms with Crippen LogP contribution < -0.4 is 10.2 Å². The highest BCUT2D eigenvalue weighted by molar-refractivity contribution is 5.94. The molecule has 0 bridgehead atoms. The molecule has 32 heavy (non-hydrogen) atoms. The quantitative estimate of drug-likeness (QED) is 0.640. The molecule has 2 atom stereocenters. The topological polar surface area (TPSA) is 35.6 Å². The van der Waals surface area contributed by atoms with Crippen molar-refractivity contribution in [1.29, 1.82) is 0 Å². The highest BCUT2D eigenvalue weighted by atomic mass is 16.1. The Labute approximate surface area is 194 Å². The second kappa shape index (κ2) is 10.5. The summed E-state index contributed by atoms with van der Waals surface area (Å²) in [7, 11) is 0. The second-order valence-corrected chi connectivity index (χ2v) is 10.1. The lowest BCUT2D eigenvalue weighted by Crippen LogP contribution is -2.33. The zero-order valence-electron chi connectivity index (χ0n) is 20.0. The summed E-state index contributed by atoms with van der Waals surface area (Å²) in [5.41, 5.74) is 4.44. The maximum absolute atomic E-state index is 12.8. The van der Waals surface area contributed by atoms with Crippen LogP contribution in [-0.4, -0.2) is 37.0 Å². The summed E-state index contributed by atoms with van der Waals surface area (Å²) in [4.78, 5) is 17.8. The zero-order valence-corrected chi connectivity index (χ0v) is 20.0. The Bertz CT molecular complexity index is 869. The Balaban J connectivity index is 1.30. The molecule has 2 aliphatic rings. The first-order valence-electron chi connectivity index (χ1n) is 12.4. The van der Waals surface area contributed by atoms with E-state index in [-0.39, 0.29) is 11.9 Å². The van der Waals surface area contributed by atoms with E-state index in [1.54, 1.807) is 0 Å². The number of benzene rings is 2. The average molecular weight is 434 g/mol. The van der Waals surface area contributed by atoms with Gasteiger partial charge in [-0.05, 0) is 86.4 Å². The van der Waals surface area contributed by atoms with E-state index in [2.05, 4.69) is 72.3 Å². The molecule has 2 aromatic rings. The van der Waals surface area contributed by atoms with Crippen molar-refractivity contribution in [2.75, 3.05) is 31.1 Å². The lowest BCUT2D eigenvalue weighted by atomic mass is 9.98. The molecule has 2 aromatic carbocycles. The van der Waals surface area contributed by atoms with Crippen LogP contribution in [0.2, 0.25) is 0 Å². The summed E-state index contributed by atoms with van der Waals surface area (Å²) in [6.07, 6.45) is 5.17. The van der Waals surface area contributed by atoms with Gasteiger partial charge >= 0.3 is 0 Å². The monoisotopic (exact) mass is 433 g/mol. The molecule has 0 saturated carbocycles. The molecule has 2 heterocycles. The van der Waals surface area contributed by atoms with Crippen molar-refractivity contribution in [3.05, 3.63) is 65.2 Å². The first-order valence-corrected chi connectivity index (χ1v) is 12.4. The van der Waals surface area contributed by atoms with Gasteiger partial charge in [-0.25, -0.2) is 0 Å². The summed E-state index contributed by atoms with van der Waals surface area (Å²) in [5, 5.41) is 3.16. The highest BCUT2D eigenvalue weighted by Crippen LogP contribution is 2.25. The third-order valence-corrected chi connectivity index (χ3v) is 7.25. The number of carbonyl (C=O) groups excluding carboxylic acids is 1. The van der Waals surface area contributed by atoms with Gasteiger partial charge in [0.05, 0.1) is 6.04 Å². The van der Waals surface area contributed by atoms with Crippen molar-refractivity contribution in [2.45, 2.75) is 59.0 Å². The summed E-state index contributed by atoms with van der Waals surface area (Å²) in [6, 6.07) is 16.8. The summed E-state index contributed by atoms with van der Waals surface area (Å²) >= 11 is 0. The lowest BCUT2D eigenvalue weighted by Gasteiger charge is -2.32. The number of likely N-dealkylation sites (tertiary alicyclic amines) is 1. The standard InChI is InChI=1S/C28H39N3O/c1-21-14-17-31(18-15-21)27-12-10-25(11-13-27)23(3)29-28(32)26-8-6-24(7-9-26)20-30-16-4-5-22(2)19-30/h6-13,21-23H,4-5,14-20H2,1-3H3,(H,29,32)/t22-,23-/m0/s1. The molecule has 1 N–H and O–H groups in total. The molecule has 4 heteroatoms. The molecule has 172 valence electrons. The Morgan fingerprint density at radius 3 is 2.28 bits per heavy atom. The number of rotatable bonds is 6. The Morgan fingerprint density at radius 1 is 0.938 bits per heavy atom. The predicted molar refractivity (Wildman–Crippen MR) is 133 cm³/mol. The fraction of sp³-hybridized carbons (Fsp3) is 0.536. The van der Waals surface area contributed by atoms with Crippen LogP contribution in [0.25, 0.3) is 0 Å². The summed E-state index contributed by atoms with van der Waals surface area (Å²) in [5.74, 6) is 1.61. The summed E-state index contributed by atoms with van der Waals surface area (Å²) in [6.45, 7) is 12.3. The molecule has 0 aromatic heterocycles. The van der Waals surface area contributed by atoms with E-state index in [1.807, 2.05) is 12.1 Å². The van der Waals surface area contributed by atoms with E-state index in [4.69, 9.17) is 0 Å². The maximum Gasteiger partial charge on any atom is 0.251 e. The minimum Gasteiger partial charge on any atom is -0.372 e. The molecule has 0 spiro atoms. The van der Waals surface area contributed by atoms with Gasteiger partial charge in [0.15, 0.2) is 0 Å². The number of piperidine rings is 2. The molecule has 2 saturated heterocycles. The summed E-state index contributed by atoms with van der Waals surface area (Å²) < 4.78 is 0. The number of nitrogens with one attached hydrogen (secondary N) is 1. The number of amides is 1. The fourth-order valence-electron chi connectivity index (χ4n) is 5.05. The molecule has 2 fully saturated rings. The molecule has 1 amide bonds. The molecule has 0 radical (unpaired) electrons. The lowest BCUT2D eigenvalue weighted by molar-refractivity contribution is 0.0940. The van der Waals surface area contributed by atoms with Crippen LogP contribution in [0.3, 0.4) is 0 Å². The normalized spacial score (nSPS) is 21.3. The van der Waals surface area contributed by atoms with Crippen LogP contribution in [0.5, 0.6) is 0 Å². The van der Waals surface area contributed by atoms with E-state index in [0.717, 1.165) is 42.6 Å². The van der Waals surface area contributed by atoms with Crippen LogP contribution >= 0.6 is 0 Å². The van der Waals surface area contributed by atoms with Crippen molar-refractivity contribution in [2.24, 2.45) is 11.8 Å². The molecule has 2 aliphatic heterocycles. The van der Waals surface area contributed by atoms with Crippen LogP contribution in [0, 0.1) is 11.8 Å². The number of carbonyl (C=O) groups is 1. The third kappa shape index (κ3) is 5.92. The van der Waals surface area contributed by atoms with Crippen molar-refractivity contribution < 1.29 is 4.79 Å². The van der Waals surface area contributed by atoms with E-state index in [1.165, 1.54) is 50.0 Å². The van der Waals surface area contributed by atoms with Gasteiger partial charge in [0.2, 0.25) is 0 Å². The van der Waals surface area contributed by atoms with E-state index < -0.39 is 0 Å². The van der Waals surface area contributed by atoms with Crippen molar-refractivity contribution in [1.82, 2.24) is 10.2 Å². The van der Waals surface area contributed by atoms with Gasteiger partial charge in [-0.1, -0.05) is 38.1 Å². The fourth-order valence-corrected chi connectivity index (χ4v) is 5.05. The molecule has 0 aliphatic carbocycles. The number of anilines is 1. The van der Waals surface area contributed by atoms with E-state index in [0.29, 0.717) is 0 Å². The largest absolute Gasteiger partial charge is 0.372 e. The second-order valence-electron chi connectivity index (χ2n) is 10.1. The van der Waals surface area contributed by atoms with E-state index in [9.17, 15) is 4.79 Å². The molecular weight excluding hydrogens is 394 g/mol. The minimum atomic E-state index is -0.0209. The SMILES string of the molecule is CC1CCN(c2ccc([C@H](C)NC(=O)c3ccc(CN4CCC[C@H](C)C4)cc3)cc2)CC1. The smallest absolute Gasteiger partial charge is 0.251 e. The number of nitrogens with zero attached hydrogens (tertiary/aromatic N) is 2. The molecule has 4 rings (SSSR count). The van der Waals surface area contributed by atoms with Gasteiger partial charge in [0.25, 0.3) is 5.91 Å². The van der Waals surface area contributed by atoms with Crippen LogP contribution in [0.4, 0.5) is 5.69 Å². The van der Waals surface area contributed by atoms with Gasteiger partial charge < -0.3 is 10.2 Å². The van der Waals surface area contributed by atoms with Crippen molar-refractivity contribution in [3.8, 4) is 0 Å². The van der Waals surface area contributed by atoms with Gasteiger partial charge in [-0.2, -0.15) is 0 Å². The van der Waals surface area contributed by atoms with Gasteiger partial charge in [-0.15, -0.1) is 0 Å². The first kappa shape index (κ1) is 22.8. The van der Waals surface area contributed by atoms with Crippen LogP contribution in [0.15, 0.2) is 48.5 Å². The van der Waals surface area contributed by atoms with E-state index >= 15 is 0 Å². The van der Waals surface area contributed by atoms with Crippen LogP contribution in [-0.2, 0) is 6.54 Å². The minimum absolute atomic E-state index is 0.00950. The highest BCUT2D eigenvalue weighted by Gasteiger charge is 2.18. The maximum atomic E-state index is 12.8. The number of hydrogen-bond donors (Lipinski definition) is 1. The Hall–Kier alpha value is -2.33. The Morgan fingerprint density at radius 2 is 1.62 bits per heavy atom. The molecule has 4 nitrogen and oxygen atoms in total. The Kier molecular flexibility index (Phi) is 7.51. The van der Waals surface area contributed by atoms with Crippen LogP contribution in [0.1, 0.15) is 74.0 Å². The van der Waals surface area contributed by atoms with Gasteiger partial charge in [0.1, 0.15) is 0 Å². The predicted octanol–water partition coefficient (Wildman–Crippen LogP) is 5.65. The molecule has 0 unspecified atom stereocenters. The number of hydrogen-bond acceptors (Lipinski definition) is 3.